The van der Waals surface area contributed by atoms with E-state index in [-0.39, 0.29) is 10.9 Å². The van der Waals surface area contributed by atoms with E-state index in [1.807, 2.05) is 0 Å². The largest absolute Gasteiger partial charge is 0.495 e. The highest BCUT2D eigenvalue weighted by Crippen LogP contribution is 2.40. The van der Waals surface area contributed by atoms with Crippen LogP contribution in [0.25, 0.3) is 0 Å². The zero-order chi connectivity index (χ0) is 15.0. The third-order valence-electron chi connectivity index (χ3n) is 4.72. The Balaban J connectivity index is 2.00. The Morgan fingerprint density at radius 1 is 1.24 bits per heavy atom. The summed E-state index contributed by atoms with van der Waals surface area (Å²) in [6.07, 6.45) is 5.34. The number of anilines is 1. The van der Waals surface area contributed by atoms with Crippen molar-refractivity contribution in [3.8, 4) is 5.75 Å². The van der Waals surface area contributed by atoms with Crippen LogP contribution < -0.4 is 10.5 Å². The van der Waals surface area contributed by atoms with Crippen LogP contribution >= 0.6 is 0 Å². The molecule has 2 N–H and O–H groups in total. The van der Waals surface area contributed by atoms with Gasteiger partial charge in [-0.3, -0.25) is 0 Å². The van der Waals surface area contributed by atoms with Crippen LogP contribution in [0.2, 0.25) is 0 Å². The van der Waals surface area contributed by atoms with Crippen LogP contribution in [-0.2, 0) is 10.0 Å². The van der Waals surface area contributed by atoms with E-state index in [1.54, 1.807) is 22.5 Å². The number of rotatable bonds is 3. The summed E-state index contributed by atoms with van der Waals surface area (Å²) in [5, 5.41) is 0. The summed E-state index contributed by atoms with van der Waals surface area (Å²) < 4.78 is 33.0. The Morgan fingerprint density at radius 3 is 2.76 bits per heavy atom. The lowest BCUT2D eigenvalue weighted by molar-refractivity contribution is 0.201. The van der Waals surface area contributed by atoms with Gasteiger partial charge >= 0.3 is 0 Å². The van der Waals surface area contributed by atoms with Gasteiger partial charge in [0.2, 0.25) is 10.0 Å². The number of fused-ring (bicyclic) bond motifs is 1. The van der Waals surface area contributed by atoms with E-state index >= 15 is 0 Å². The molecule has 5 nitrogen and oxygen atoms in total. The normalized spacial score (nSPS) is 26.5. The van der Waals surface area contributed by atoms with Crippen molar-refractivity contribution in [2.45, 2.75) is 43.0 Å². The van der Waals surface area contributed by atoms with Gasteiger partial charge in [-0.2, -0.15) is 4.31 Å². The van der Waals surface area contributed by atoms with E-state index in [9.17, 15) is 8.42 Å². The summed E-state index contributed by atoms with van der Waals surface area (Å²) in [6.45, 7) is 0.608. The Kier molecular flexibility index (Phi) is 3.84. The molecule has 2 atom stereocenters. The number of sulfonamides is 1. The predicted octanol–water partition coefficient (Wildman–Crippen LogP) is 2.23. The molecule has 0 aromatic heterocycles. The summed E-state index contributed by atoms with van der Waals surface area (Å²) >= 11 is 0. The molecule has 0 radical (unpaired) electrons. The molecule has 2 aliphatic rings. The number of piperidine rings is 1. The SMILES string of the molecule is COc1cc(N)ccc1S(=O)(=O)N1CCCC2CCCC21. The molecule has 1 saturated heterocycles. The average molecular weight is 310 g/mol. The second-order valence-electron chi connectivity index (χ2n) is 5.93. The molecule has 0 amide bonds. The van der Waals surface area contributed by atoms with Gasteiger partial charge in [0.1, 0.15) is 10.6 Å². The van der Waals surface area contributed by atoms with Crippen molar-refractivity contribution in [1.82, 2.24) is 4.31 Å². The fourth-order valence-electron chi connectivity index (χ4n) is 3.73. The molecule has 0 bridgehead atoms. The monoisotopic (exact) mass is 310 g/mol. The maximum absolute atomic E-state index is 13.0. The van der Waals surface area contributed by atoms with Crippen LogP contribution in [0.3, 0.4) is 0 Å². The highest BCUT2D eigenvalue weighted by molar-refractivity contribution is 7.89. The Morgan fingerprint density at radius 2 is 2.00 bits per heavy atom. The maximum atomic E-state index is 13.0. The van der Waals surface area contributed by atoms with Gasteiger partial charge in [0.05, 0.1) is 7.11 Å². The summed E-state index contributed by atoms with van der Waals surface area (Å²) in [6, 6.07) is 4.90. The molecule has 1 aromatic rings. The van der Waals surface area contributed by atoms with Crippen molar-refractivity contribution >= 4 is 15.7 Å². The number of nitrogens with zero attached hydrogens (tertiary/aromatic N) is 1. The first-order valence-electron chi connectivity index (χ1n) is 7.49. The van der Waals surface area contributed by atoms with Gasteiger partial charge < -0.3 is 10.5 Å². The number of hydrogen-bond donors (Lipinski definition) is 1. The van der Waals surface area contributed by atoms with Crippen molar-refractivity contribution in [3.63, 3.8) is 0 Å². The van der Waals surface area contributed by atoms with Crippen LogP contribution in [0.15, 0.2) is 23.1 Å². The van der Waals surface area contributed by atoms with Crippen LogP contribution in [0.5, 0.6) is 5.75 Å². The van der Waals surface area contributed by atoms with Crippen molar-refractivity contribution in [2.75, 3.05) is 19.4 Å². The molecule has 21 heavy (non-hydrogen) atoms. The molecule has 1 aromatic carbocycles. The van der Waals surface area contributed by atoms with Gasteiger partial charge in [-0.25, -0.2) is 8.42 Å². The van der Waals surface area contributed by atoms with Gasteiger partial charge in [-0.05, 0) is 43.7 Å². The highest BCUT2D eigenvalue weighted by Gasteiger charge is 2.42. The Bertz CT molecular complexity index is 630. The molecule has 1 saturated carbocycles. The minimum absolute atomic E-state index is 0.158. The molecular formula is C15H22N2O3S. The lowest BCUT2D eigenvalue weighted by atomic mass is 9.94. The van der Waals surface area contributed by atoms with E-state index in [1.165, 1.54) is 7.11 Å². The molecule has 2 unspecified atom stereocenters. The molecule has 1 aliphatic carbocycles. The first-order chi connectivity index (χ1) is 10.0. The number of nitrogens with two attached hydrogens (primary N) is 1. The molecule has 6 heteroatoms. The molecule has 1 heterocycles. The van der Waals surface area contributed by atoms with Crippen molar-refractivity contribution in [2.24, 2.45) is 5.92 Å². The summed E-state index contributed by atoms with van der Waals surface area (Å²) in [7, 11) is -2.05. The highest BCUT2D eigenvalue weighted by atomic mass is 32.2. The van der Waals surface area contributed by atoms with Crippen LogP contribution in [0.4, 0.5) is 5.69 Å². The third-order valence-corrected chi connectivity index (χ3v) is 6.68. The Labute approximate surface area is 126 Å². The summed E-state index contributed by atoms with van der Waals surface area (Å²) in [4.78, 5) is 0.228. The molecule has 0 spiro atoms. The summed E-state index contributed by atoms with van der Waals surface area (Å²) in [5.41, 5.74) is 6.22. The lowest BCUT2D eigenvalue weighted by Crippen LogP contribution is -2.46. The lowest BCUT2D eigenvalue weighted by Gasteiger charge is -2.36. The predicted molar refractivity (Wildman–Crippen MR) is 81.7 cm³/mol. The fourth-order valence-corrected chi connectivity index (χ4v) is 5.62. The standard InChI is InChI=1S/C15H22N2O3S/c1-20-14-10-12(16)7-8-15(14)21(18,19)17-9-3-5-11-4-2-6-13(11)17/h7-8,10-11,13H,2-6,9,16H2,1H3. The van der Waals surface area contributed by atoms with Gasteiger partial charge in [0.25, 0.3) is 0 Å². The van der Waals surface area contributed by atoms with Gasteiger partial charge in [0.15, 0.2) is 0 Å². The van der Waals surface area contributed by atoms with E-state index in [0.717, 1.165) is 32.1 Å². The second-order valence-corrected chi connectivity index (χ2v) is 7.79. The second kappa shape index (κ2) is 5.50. The van der Waals surface area contributed by atoms with Gasteiger partial charge in [-0.15, -0.1) is 0 Å². The molecular weight excluding hydrogens is 288 g/mol. The van der Waals surface area contributed by atoms with E-state index in [0.29, 0.717) is 23.9 Å². The molecule has 2 fully saturated rings. The van der Waals surface area contributed by atoms with E-state index in [2.05, 4.69) is 0 Å². The fraction of sp³-hybridized carbons (Fsp3) is 0.600. The number of benzene rings is 1. The Hall–Kier alpha value is -1.27. The first kappa shape index (κ1) is 14.7. The first-order valence-corrected chi connectivity index (χ1v) is 8.93. The van der Waals surface area contributed by atoms with E-state index < -0.39 is 10.0 Å². The summed E-state index contributed by atoms with van der Waals surface area (Å²) in [5.74, 6) is 0.850. The third kappa shape index (κ3) is 2.51. The molecule has 116 valence electrons. The topological polar surface area (TPSA) is 72.6 Å². The van der Waals surface area contributed by atoms with Crippen LogP contribution in [0, 0.1) is 5.92 Å². The van der Waals surface area contributed by atoms with Crippen LogP contribution in [0.1, 0.15) is 32.1 Å². The quantitative estimate of drug-likeness (QED) is 0.869. The number of hydrogen-bond acceptors (Lipinski definition) is 4. The van der Waals surface area contributed by atoms with Crippen LogP contribution in [-0.4, -0.2) is 32.4 Å². The number of nitrogen functional groups attached to an aromatic ring is 1. The maximum Gasteiger partial charge on any atom is 0.247 e. The molecule has 1 aliphatic heterocycles. The number of methoxy groups -OCH3 is 1. The smallest absolute Gasteiger partial charge is 0.247 e. The van der Waals surface area contributed by atoms with Gasteiger partial charge in [0, 0.05) is 24.3 Å². The van der Waals surface area contributed by atoms with Crippen molar-refractivity contribution in [3.05, 3.63) is 18.2 Å². The molecule has 3 rings (SSSR count). The van der Waals surface area contributed by atoms with Crippen molar-refractivity contribution < 1.29 is 13.2 Å². The minimum Gasteiger partial charge on any atom is -0.495 e. The van der Waals surface area contributed by atoms with Crippen molar-refractivity contribution in [1.29, 1.82) is 0 Å². The zero-order valence-electron chi connectivity index (χ0n) is 12.3. The number of ether oxygens (including phenoxy) is 1. The average Bonchev–Trinajstić information content (AvgIpc) is 2.94. The van der Waals surface area contributed by atoms with Gasteiger partial charge in [-0.1, -0.05) is 6.42 Å². The minimum atomic E-state index is -3.52. The zero-order valence-corrected chi connectivity index (χ0v) is 13.1. The van der Waals surface area contributed by atoms with E-state index in [4.69, 9.17) is 10.5 Å².